The maximum atomic E-state index is 12.5. The fraction of sp³-hybridized carbons (Fsp3) is 0.562. The summed E-state index contributed by atoms with van der Waals surface area (Å²) in [5.41, 5.74) is 7.40. The van der Waals surface area contributed by atoms with Gasteiger partial charge in [-0.05, 0) is 62.4 Å². The molecule has 1 aromatic carbocycles. The van der Waals surface area contributed by atoms with E-state index in [2.05, 4.69) is 5.32 Å². The van der Waals surface area contributed by atoms with Crippen LogP contribution in [0.2, 0.25) is 0 Å². The number of sulfonamides is 1. The Labute approximate surface area is 149 Å². The van der Waals surface area contributed by atoms with Gasteiger partial charge in [-0.25, -0.2) is 13.6 Å². The number of hydrogen-bond donors (Lipinski definition) is 3. The van der Waals surface area contributed by atoms with Crippen LogP contribution in [-0.4, -0.2) is 26.9 Å². The monoisotopic (exact) mass is 375 g/mol. The molecule has 2 rings (SSSR count). The van der Waals surface area contributed by atoms with Crippen LogP contribution in [0.15, 0.2) is 17.0 Å². The average Bonchev–Trinajstić information content (AvgIpc) is 2.49. The highest BCUT2D eigenvalue weighted by Gasteiger charge is 2.26. The molecule has 0 aliphatic heterocycles. The first kappa shape index (κ1) is 20.9. The maximum Gasteiger partial charge on any atom is 0.251 e. The van der Waals surface area contributed by atoms with Crippen molar-refractivity contribution >= 4 is 28.3 Å². The number of aryl methyl sites for hydroxylation is 1. The Morgan fingerprint density at radius 2 is 1.88 bits per heavy atom. The van der Waals surface area contributed by atoms with Gasteiger partial charge in [0.25, 0.3) is 5.91 Å². The van der Waals surface area contributed by atoms with Gasteiger partial charge >= 0.3 is 0 Å². The van der Waals surface area contributed by atoms with Gasteiger partial charge in [-0.15, -0.1) is 12.4 Å². The lowest BCUT2D eigenvalue weighted by Gasteiger charge is -2.31. The van der Waals surface area contributed by atoms with Crippen LogP contribution in [-0.2, 0) is 10.0 Å². The molecule has 0 bridgehead atoms. The summed E-state index contributed by atoms with van der Waals surface area (Å²) in [6.07, 6.45) is 4.11. The van der Waals surface area contributed by atoms with E-state index in [1.807, 2.05) is 0 Å². The van der Waals surface area contributed by atoms with E-state index < -0.39 is 10.0 Å². The Morgan fingerprint density at radius 3 is 2.46 bits per heavy atom. The molecule has 6 nitrogen and oxygen atoms in total. The lowest BCUT2D eigenvalue weighted by atomic mass is 9.84. The van der Waals surface area contributed by atoms with Gasteiger partial charge < -0.3 is 11.1 Å². The van der Waals surface area contributed by atoms with Gasteiger partial charge in [-0.1, -0.05) is 12.8 Å². The van der Waals surface area contributed by atoms with E-state index in [0.717, 1.165) is 31.2 Å². The number of primary sulfonamides is 1. The van der Waals surface area contributed by atoms with Crippen LogP contribution >= 0.6 is 12.4 Å². The molecule has 0 saturated heterocycles. The second-order valence-electron chi connectivity index (χ2n) is 6.32. The molecule has 2 unspecified atom stereocenters. The summed E-state index contributed by atoms with van der Waals surface area (Å²) >= 11 is 0. The van der Waals surface area contributed by atoms with Crippen molar-refractivity contribution in [2.45, 2.75) is 50.5 Å². The number of carbonyl (C=O) groups excluding carboxylic acids is 1. The first-order valence-electron chi connectivity index (χ1n) is 7.89. The predicted molar refractivity (Wildman–Crippen MR) is 96.8 cm³/mol. The van der Waals surface area contributed by atoms with Crippen LogP contribution in [0.5, 0.6) is 0 Å². The van der Waals surface area contributed by atoms with Gasteiger partial charge in [-0.3, -0.25) is 4.79 Å². The number of rotatable bonds is 4. The SMILES string of the molecule is Cc1cc(C(=O)NC2CCCCC2CN)cc(S(N)(=O)=O)c1C.Cl. The summed E-state index contributed by atoms with van der Waals surface area (Å²) in [5.74, 6) is 0.000284. The molecule has 0 radical (unpaired) electrons. The molecule has 0 spiro atoms. The Hall–Kier alpha value is -1.15. The third-order valence-corrected chi connectivity index (χ3v) is 5.75. The van der Waals surface area contributed by atoms with Crippen LogP contribution in [0.25, 0.3) is 0 Å². The minimum Gasteiger partial charge on any atom is -0.349 e. The molecule has 5 N–H and O–H groups in total. The van der Waals surface area contributed by atoms with E-state index in [0.29, 0.717) is 17.7 Å². The number of nitrogens with two attached hydrogens (primary N) is 2. The Kier molecular flexibility index (Phi) is 7.22. The first-order chi connectivity index (χ1) is 10.7. The molecule has 1 aromatic rings. The zero-order valence-corrected chi connectivity index (χ0v) is 15.7. The molecule has 2 atom stereocenters. The molecule has 8 heteroatoms. The Balaban J connectivity index is 0.00000288. The van der Waals surface area contributed by atoms with Crippen LogP contribution < -0.4 is 16.2 Å². The highest BCUT2D eigenvalue weighted by Crippen LogP contribution is 2.25. The Morgan fingerprint density at radius 1 is 1.25 bits per heavy atom. The van der Waals surface area contributed by atoms with Crippen molar-refractivity contribution in [3.05, 3.63) is 28.8 Å². The Bertz CT molecular complexity index is 707. The highest BCUT2D eigenvalue weighted by molar-refractivity contribution is 7.89. The molecular formula is C16H26ClN3O3S. The highest BCUT2D eigenvalue weighted by atomic mass is 35.5. The van der Waals surface area contributed by atoms with Crippen molar-refractivity contribution < 1.29 is 13.2 Å². The average molecular weight is 376 g/mol. The van der Waals surface area contributed by atoms with E-state index in [1.54, 1.807) is 19.9 Å². The summed E-state index contributed by atoms with van der Waals surface area (Å²) in [5, 5.41) is 8.25. The van der Waals surface area contributed by atoms with Gasteiger partial charge in [0, 0.05) is 11.6 Å². The fourth-order valence-electron chi connectivity index (χ4n) is 3.19. The summed E-state index contributed by atoms with van der Waals surface area (Å²) in [7, 11) is -3.86. The number of carbonyl (C=O) groups is 1. The van der Waals surface area contributed by atoms with Crippen molar-refractivity contribution in [3.63, 3.8) is 0 Å². The van der Waals surface area contributed by atoms with Crippen LogP contribution in [0.3, 0.4) is 0 Å². The molecule has 0 aromatic heterocycles. The second-order valence-corrected chi connectivity index (χ2v) is 7.85. The van der Waals surface area contributed by atoms with E-state index >= 15 is 0 Å². The molecule has 1 aliphatic carbocycles. The lowest BCUT2D eigenvalue weighted by molar-refractivity contribution is 0.0907. The number of benzene rings is 1. The fourth-order valence-corrected chi connectivity index (χ4v) is 4.06. The summed E-state index contributed by atoms with van der Waals surface area (Å²) < 4.78 is 23.4. The third kappa shape index (κ3) is 4.69. The summed E-state index contributed by atoms with van der Waals surface area (Å²) in [6.45, 7) is 3.99. The zero-order chi connectivity index (χ0) is 17.2. The van der Waals surface area contributed by atoms with E-state index in [4.69, 9.17) is 10.9 Å². The minimum atomic E-state index is -3.86. The van der Waals surface area contributed by atoms with Gasteiger partial charge in [-0.2, -0.15) is 0 Å². The van der Waals surface area contributed by atoms with Gasteiger partial charge in [0.1, 0.15) is 0 Å². The van der Waals surface area contributed by atoms with E-state index in [1.165, 1.54) is 6.07 Å². The normalized spacial score (nSPS) is 21.0. The van der Waals surface area contributed by atoms with Crippen LogP contribution in [0.1, 0.15) is 47.2 Å². The molecule has 136 valence electrons. The number of nitrogens with one attached hydrogen (secondary N) is 1. The summed E-state index contributed by atoms with van der Waals surface area (Å²) in [6, 6.07) is 3.09. The largest absolute Gasteiger partial charge is 0.349 e. The number of amides is 1. The smallest absolute Gasteiger partial charge is 0.251 e. The quantitative estimate of drug-likeness (QED) is 0.741. The maximum absolute atomic E-state index is 12.5. The van der Waals surface area contributed by atoms with Crippen molar-refractivity contribution in [2.75, 3.05) is 6.54 Å². The molecular weight excluding hydrogens is 350 g/mol. The van der Waals surface area contributed by atoms with E-state index in [9.17, 15) is 13.2 Å². The van der Waals surface area contributed by atoms with Gasteiger partial charge in [0.2, 0.25) is 10.0 Å². The molecule has 1 aliphatic rings. The predicted octanol–water partition coefficient (Wildman–Crippen LogP) is 1.62. The van der Waals surface area contributed by atoms with Crippen molar-refractivity contribution in [3.8, 4) is 0 Å². The number of halogens is 1. The van der Waals surface area contributed by atoms with Crippen LogP contribution in [0, 0.1) is 19.8 Å². The molecule has 1 fully saturated rings. The molecule has 24 heavy (non-hydrogen) atoms. The van der Waals surface area contributed by atoms with Crippen molar-refractivity contribution in [2.24, 2.45) is 16.8 Å². The standard InChI is InChI=1S/C16H25N3O3S.ClH/c1-10-7-13(8-15(11(10)2)23(18,21)22)16(20)19-14-6-4-3-5-12(14)9-17;/h7-8,12,14H,3-6,9,17H2,1-2H3,(H,19,20)(H2,18,21,22);1H. The zero-order valence-electron chi connectivity index (χ0n) is 14.0. The van der Waals surface area contributed by atoms with Gasteiger partial charge in [0.15, 0.2) is 0 Å². The van der Waals surface area contributed by atoms with Crippen LogP contribution in [0.4, 0.5) is 0 Å². The van der Waals surface area contributed by atoms with Gasteiger partial charge in [0.05, 0.1) is 4.90 Å². The second kappa shape index (κ2) is 8.29. The first-order valence-corrected chi connectivity index (χ1v) is 9.43. The molecule has 0 heterocycles. The van der Waals surface area contributed by atoms with Crippen molar-refractivity contribution in [1.82, 2.24) is 5.32 Å². The lowest BCUT2D eigenvalue weighted by Crippen LogP contribution is -2.44. The van der Waals surface area contributed by atoms with E-state index in [-0.39, 0.29) is 35.2 Å². The topological polar surface area (TPSA) is 115 Å². The molecule has 1 amide bonds. The van der Waals surface area contributed by atoms with Crippen molar-refractivity contribution in [1.29, 1.82) is 0 Å². The summed E-state index contributed by atoms with van der Waals surface area (Å²) in [4.78, 5) is 12.5. The minimum absolute atomic E-state index is 0. The third-order valence-electron chi connectivity index (χ3n) is 4.72. The molecule has 1 saturated carbocycles. The number of hydrogen-bond acceptors (Lipinski definition) is 4.